The summed E-state index contributed by atoms with van der Waals surface area (Å²) in [7, 11) is 0. The molecule has 2 aromatic rings. The lowest BCUT2D eigenvalue weighted by Gasteiger charge is -2.08. The predicted molar refractivity (Wildman–Crippen MR) is 77.5 cm³/mol. The summed E-state index contributed by atoms with van der Waals surface area (Å²) in [6.07, 6.45) is 3.52. The van der Waals surface area contributed by atoms with E-state index in [0.717, 1.165) is 28.9 Å². The van der Waals surface area contributed by atoms with Gasteiger partial charge in [0.2, 0.25) is 0 Å². The fourth-order valence-electron chi connectivity index (χ4n) is 2.21. The van der Waals surface area contributed by atoms with Crippen LogP contribution < -0.4 is 0 Å². The van der Waals surface area contributed by atoms with Crippen molar-refractivity contribution in [2.24, 2.45) is 5.92 Å². The third-order valence-corrected chi connectivity index (χ3v) is 4.55. The smallest absolute Gasteiger partial charge is 0.258 e. The second-order valence-electron chi connectivity index (χ2n) is 4.99. The number of benzene rings is 1. The van der Waals surface area contributed by atoms with Gasteiger partial charge in [0.15, 0.2) is 0 Å². The summed E-state index contributed by atoms with van der Waals surface area (Å²) in [5, 5.41) is 11.5. The molecule has 19 heavy (non-hydrogen) atoms. The highest BCUT2D eigenvalue weighted by Gasteiger charge is 2.29. The molecule has 3 rings (SSSR count). The van der Waals surface area contributed by atoms with Gasteiger partial charge >= 0.3 is 0 Å². The zero-order valence-electron chi connectivity index (χ0n) is 10.3. The molecule has 1 aliphatic carbocycles. The summed E-state index contributed by atoms with van der Waals surface area (Å²) in [6, 6.07) is 8.67. The van der Waals surface area contributed by atoms with Crippen molar-refractivity contribution in [3.63, 3.8) is 0 Å². The second kappa shape index (κ2) is 4.89. The van der Waals surface area contributed by atoms with Crippen LogP contribution in [0.4, 0.5) is 5.69 Å². The number of aromatic nitrogens is 1. The van der Waals surface area contributed by atoms with Crippen LogP contribution in [0.5, 0.6) is 0 Å². The van der Waals surface area contributed by atoms with E-state index in [0.29, 0.717) is 4.83 Å². The van der Waals surface area contributed by atoms with Crippen LogP contribution in [0.2, 0.25) is 0 Å². The van der Waals surface area contributed by atoms with Gasteiger partial charge in [-0.05, 0) is 30.9 Å². The average molecular weight is 321 g/mol. The Kier molecular flexibility index (Phi) is 3.22. The van der Waals surface area contributed by atoms with Gasteiger partial charge in [0, 0.05) is 34.5 Å². The summed E-state index contributed by atoms with van der Waals surface area (Å²) < 4.78 is 0. The Labute approximate surface area is 119 Å². The highest BCUT2D eigenvalue weighted by molar-refractivity contribution is 9.09. The number of rotatable bonds is 4. The first-order valence-corrected chi connectivity index (χ1v) is 7.23. The summed E-state index contributed by atoms with van der Waals surface area (Å²) in [4.78, 5) is 15.4. The molecule has 1 atom stereocenters. The number of nitro groups is 1. The third-order valence-electron chi connectivity index (χ3n) is 3.48. The Morgan fingerprint density at radius 2 is 2.16 bits per heavy atom. The second-order valence-corrected chi connectivity index (χ2v) is 6.17. The van der Waals surface area contributed by atoms with Crippen molar-refractivity contribution in [2.75, 3.05) is 0 Å². The lowest BCUT2D eigenvalue weighted by molar-refractivity contribution is -0.384. The molecule has 1 saturated carbocycles. The number of fused-ring (bicyclic) bond motifs is 1. The van der Waals surface area contributed by atoms with Gasteiger partial charge in [-0.1, -0.05) is 22.0 Å². The van der Waals surface area contributed by atoms with E-state index in [-0.39, 0.29) is 10.6 Å². The summed E-state index contributed by atoms with van der Waals surface area (Å²) in [5.41, 5.74) is 1.96. The molecular weight excluding hydrogens is 308 g/mol. The maximum Gasteiger partial charge on any atom is 0.270 e. The SMILES string of the molecule is O=[N+]([O-])c1ccc2nc(CC(Br)C3CC3)ccc2c1. The minimum absolute atomic E-state index is 0.110. The van der Waals surface area contributed by atoms with E-state index in [1.54, 1.807) is 12.1 Å². The lowest BCUT2D eigenvalue weighted by atomic mass is 10.1. The number of halogens is 1. The van der Waals surface area contributed by atoms with E-state index in [2.05, 4.69) is 20.9 Å². The number of hydrogen-bond acceptors (Lipinski definition) is 3. The molecule has 0 bridgehead atoms. The monoisotopic (exact) mass is 320 g/mol. The lowest BCUT2D eigenvalue weighted by Crippen LogP contribution is -2.06. The molecule has 1 aromatic heterocycles. The number of non-ortho nitro benzene ring substituents is 1. The zero-order chi connectivity index (χ0) is 13.4. The van der Waals surface area contributed by atoms with Crippen LogP contribution in [-0.4, -0.2) is 14.7 Å². The molecular formula is C14H13BrN2O2. The Balaban J connectivity index is 1.88. The molecule has 1 fully saturated rings. The van der Waals surface area contributed by atoms with Crippen molar-refractivity contribution in [3.8, 4) is 0 Å². The van der Waals surface area contributed by atoms with Crippen molar-refractivity contribution in [1.29, 1.82) is 0 Å². The van der Waals surface area contributed by atoms with Gasteiger partial charge in [-0.15, -0.1) is 0 Å². The molecule has 0 N–H and O–H groups in total. The van der Waals surface area contributed by atoms with Crippen LogP contribution in [0.25, 0.3) is 10.9 Å². The molecule has 0 spiro atoms. The van der Waals surface area contributed by atoms with Crippen LogP contribution in [0.15, 0.2) is 30.3 Å². The number of alkyl halides is 1. The molecule has 1 aliphatic rings. The van der Waals surface area contributed by atoms with Gasteiger partial charge < -0.3 is 0 Å². The van der Waals surface area contributed by atoms with Gasteiger partial charge in [0.1, 0.15) is 0 Å². The van der Waals surface area contributed by atoms with Crippen LogP contribution in [0.3, 0.4) is 0 Å². The average Bonchev–Trinajstić information content (AvgIpc) is 3.22. The van der Waals surface area contributed by atoms with E-state index in [4.69, 9.17) is 0 Å². The molecule has 5 heteroatoms. The van der Waals surface area contributed by atoms with E-state index >= 15 is 0 Å². The van der Waals surface area contributed by atoms with Gasteiger partial charge in [-0.2, -0.15) is 0 Å². The van der Waals surface area contributed by atoms with Crippen LogP contribution >= 0.6 is 15.9 Å². The minimum Gasteiger partial charge on any atom is -0.258 e. The summed E-state index contributed by atoms with van der Waals surface area (Å²) in [5.74, 6) is 0.786. The Bertz CT molecular complexity index is 640. The Morgan fingerprint density at radius 1 is 1.37 bits per heavy atom. The molecule has 1 unspecified atom stereocenters. The third kappa shape index (κ3) is 2.76. The van der Waals surface area contributed by atoms with Crippen molar-refractivity contribution in [3.05, 3.63) is 46.1 Å². The van der Waals surface area contributed by atoms with Crippen molar-refractivity contribution < 1.29 is 4.92 Å². The molecule has 1 heterocycles. The van der Waals surface area contributed by atoms with E-state index < -0.39 is 0 Å². The number of nitrogens with zero attached hydrogens (tertiary/aromatic N) is 2. The highest BCUT2D eigenvalue weighted by Crippen LogP contribution is 2.38. The molecule has 98 valence electrons. The highest BCUT2D eigenvalue weighted by atomic mass is 79.9. The van der Waals surface area contributed by atoms with E-state index in [1.165, 1.54) is 18.9 Å². The summed E-state index contributed by atoms with van der Waals surface area (Å²) >= 11 is 3.71. The van der Waals surface area contributed by atoms with Crippen molar-refractivity contribution >= 4 is 32.5 Å². The molecule has 0 amide bonds. The quantitative estimate of drug-likeness (QED) is 0.488. The number of hydrogen-bond donors (Lipinski definition) is 0. The first-order chi connectivity index (χ1) is 9.13. The topological polar surface area (TPSA) is 56.0 Å². The number of nitro benzene ring substituents is 1. The predicted octanol–water partition coefficient (Wildman–Crippen LogP) is 3.86. The number of pyridine rings is 1. The fraction of sp³-hybridized carbons (Fsp3) is 0.357. The first kappa shape index (κ1) is 12.5. The van der Waals surface area contributed by atoms with Gasteiger partial charge in [-0.3, -0.25) is 15.1 Å². The van der Waals surface area contributed by atoms with Gasteiger partial charge in [-0.25, -0.2) is 0 Å². The fourth-order valence-corrected chi connectivity index (χ4v) is 3.07. The Morgan fingerprint density at radius 3 is 2.84 bits per heavy atom. The maximum absolute atomic E-state index is 10.7. The van der Waals surface area contributed by atoms with E-state index in [1.807, 2.05) is 12.1 Å². The normalized spacial score (nSPS) is 16.5. The molecule has 0 saturated heterocycles. The van der Waals surface area contributed by atoms with Crippen LogP contribution in [-0.2, 0) is 6.42 Å². The maximum atomic E-state index is 10.7. The standard InChI is InChI=1S/C14H13BrN2O2/c15-13(9-1-2-9)8-11-4-3-10-7-12(17(18)19)5-6-14(10)16-11/h3-7,9,13H,1-2,8H2. The van der Waals surface area contributed by atoms with Crippen molar-refractivity contribution in [2.45, 2.75) is 24.1 Å². The molecule has 1 aromatic carbocycles. The van der Waals surface area contributed by atoms with Crippen LogP contribution in [0.1, 0.15) is 18.5 Å². The molecule has 0 radical (unpaired) electrons. The van der Waals surface area contributed by atoms with Crippen molar-refractivity contribution in [1.82, 2.24) is 4.98 Å². The minimum atomic E-state index is -0.380. The largest absolute Gasteiger partial charge is 0.270 e. The summed E-state index contributed by atoms with van der Waals surface area (Å²) in [6.45, 7) is 0. The van der Waals surface area contributed by atoms with Gasteiger partial charge in [0.25, 0.3) is 5.69 Å². The Hall–Kier alpha value is -1.49. The van der Waals surface area contributed by atoms with Crippen LogP contribution in [0, 0.1) is 16.0 Å². The molecule has 4 nitrogen and oxygen atoms in total. The van der Waals surface area contributed by atoms with E-state index in [9.17, 15) is 10.1 Å². The molecule has 0 aliphatic heterocycles. The first-order valence-electron chi connectivity index (χ1n) is 6.31. The van der Waals surface area contributed by atoms with Gasteiger partial charge in [0.05, 0.1) is 10.4 Å². The zero-order valence-corrected chi connectivity index (χ0v) is 11.8.